The molecular weight excluding hydrogens is 290 g/mol. The molecule has 1 fully saturated rings. The molecule has 2 nitrogen and oxygen atoms in total. The van der Waals surface area contributed by atoms with Crippen molar-refractivity contribution < 1.29 is 5.11 Å². The summed E-state index contributed by atoms with van der Waals surface area (Å²) in [6.07, 6.45) is 2.23. The van der Waals surface area contributed by atoms with Crippen molar-refractivity contribution in [3.63, 3.8) is 0 Å². The molecule has 1 saturated heterocycles. The van der Waals surface area contributed by atoms with Gasteiger partial charge in [-0.3, -0.25) is 0 Å². The molecule has 1 aromatic carbocycles. The summed E-state index contributed by atoms with van der Waals surface area (Å²) >= 11 is 3.64. The smallest absolute Gasteiger partial charge is 0.122 e. The van der Waals surface area contributed by atoms with Crippen LogP contribution in [0.1, 0.15) is 55.2 Å². The summed E-state index contributed by atoms with van der Waals surface area (Å²) < 4.78 is 1.12. The summed E-state index contributed by atoms with van der Waals surface area (Å²) in [6, 6.07) is 2.07. The van der Waals surface area contributed by atoms with Crippen molar-refractivity contribution in [1.29, 1.82) is 0 Å². The Kier molecular flexibility index (Phi) is 4.33. The highest BCUT2D eigenvalue weighted by Gasteiger charge is 2.24. The third kappa shape index (κ3) is 2.57. The zero-order valence-electron chi connectivity index (χ0n) is 11.4. The van der Waals surface area contributed by atoms with Gasteiger partial charge in [-0.25, -0.2) is 0 Å². The van der Waals surface area contributed by atoms with Crippen LogP contribution in [0.5, 0.6) is 5.75 Å². The second kappa shape index (κ2) is 5.62. The van der Waals surface area contributed by atoms with E-state index in [1.165, 1.54) is 5.56 Å². The highest BCUT2D eigenvalue weighted by molar-refractivity contribution is 9.10. The lowest BCUT2D eigenvalue weighted by Crippen LogP contribution is -2.27. The van der Waals surface area contributed by atoms with Gasteiger partial charge in [0.15, 0.2) is 0 Å². The van der Waals surface area contributed by atoms with Crippen LogP contribution in [-0.2, 0) is 0 Å². The highest BCUT2D eigenvalue weighted by atomic mass is 79.9. The van der Waals surface area contributed by atoms with Crippen molar-refractivity contribution in [1.82, 2.24) is 5.32 Å². The van der Waals surface area contributed by atoms with Gasteiger partial charge in [-0.15, -0.1) is 0 Å². The zero-order valence-corrected chi connectivity index (χ0v) is 13.0. The number of hydrogen-bond donors (Lipinski definition) is 2. The molecule has 0 saturated carbocycles. The van der Waals surface area contributed by atoms with Crippen LogP contribution in [0.2, 0.25) is 0 Å². The Bertz CT molecular complexity index is 437. The van der Waals surface area contributed by atoms with E-state index in [1.54, 1.807) is 0 Å². The molecule has 2 rings (SSSR count). The average Bonchev–Trinajstić information content (AvgIpc) is 2.35. The predicted molar refractivity (Wildman–Crippen MR) is 79.5 cm³/mol. The van der Waals surface area contributed by atoms with Gasteiger partial charge in [-0.1, -0.05) is 29.8 Å². The number of aromatic hydroxyl groups is 1. The van der Waals surface area contributed by atoms with Gasteiger partial charge in [0.1, 0.15) is 5.75 Å². The van der Waals surface area contributed by atoms with Crippen LogP contribution < -0.4 is 5.32 Å². The van der Waals surface area contributed by atoms with Gasteiger partial charge in [0.25, 0.3) is 0 Å². The van der Waals surface area contributed by atoms with Gasteiger partial charge < -0.3 is 10.4 Å². The van der Waals surface area contributed by atoms with Crippen LogP contribution in [0.25, 0.3) is 0 Å². The molecule has 100 valence electrons. The SMILES string of the molecule is Cc1c(Br)cc(C(C)C)c(O)c1C1CCNCC1. The lowest BCUT2D eigenvalue weighted by atomic mass is 9.84. The minimum Gasteiger partial charge on any atom is -0.507 e. The Hall–Kier alpha value is -0.540. The molecule has 0 amide bonds. The van der Waals surface area contributed by atoms with Crippen molar-refractivity contribution in [2.24, 2.45) is 0 Å². The standard InChI is InChI=1S/C15H22BrNO/c1-9(2)12-8-13(16)10(3)14(15(12)18)11-4-6-17-7-5-11/h8-9,11,17-18H,4-7H2,1-3H3. The number of phenolic OH excluding ortho intramolecular Hbond substituents is 1. The maximum absolute atomic E-state index is 10.6. The lowest BCUT2D eigenvalue weighted by Gasteiger charge is -2.27. The maximum Gasteiger partial charge on any atom is 0.122 e. The third-order valence-corrected chi connectivity index (χ3v) is 4.77. The molecule has 3 heteroatoms. The first-order valence-corrected chi connectivity index (χ1v) is 7.54. The first-order chi connectivity index (χ1) is 8.52. The molecule has 1 aliphatic heterocycles. The van der Waals surface area contributed by atoms with Crippen molar-refractivity contribution in [2.75, 3.05) is 13.1 Å². The second-order valence-electron chi connectivity index (χ2n) is 5.51. The van der Waals surface area contributed by atoms with E-state index >= 15 is 0 Å². The van der Waals surface area contributed by atoms with Crippen LogP contribution >= 0.6 is 15.9 Å². The molecule has 1 aliphatic rings. The van der Waals surface area contributed by atoms with Gasteiger partial charge in [0, 0.05) is 10.0 Å². The molecule has 0 atom stereocenters. The fourth-order valence-corrected chi connectivity index (χ4v) is 3.29. The van der Waals surface area contributed by atoms with Crippen LogP contribution in [0.15, 0.2) is 10.5 Å². The van der Waals surface area contributed by atoms with Gasteiger partial charge in [-0.2, -0.15) is 0 Å². The Morgan fingerprint density at radius 2 is 1.94 bits per heavy atom. The summed E-state index contributed by atoms with van der Waals surface area (Å²) in [6.45, 7) is 8.46. The Labute approximate surface area is 118 Å². The molecule has 1 heterocycles. The molecular formula is C15H22BrNO. The van der Waals surface area contributed by atoms with E-state index in [-0.39, 0.29) is 0 Å². The topological polar surface area (TPSA) is 32.3 Å². The maximum atomic E-state index is 10.6. The summed E-state index contributed by atoms with van der Waals surface area (Å²) in [5.74, 6) is 1.36. The average molecular weight is 312 g/mol. The summed E-state index contributed by atoms with van der Waals surface area (Å²) in [7, 11) is 0. The van der Waals surface area contributed by atoms with E-state index in [9.17, 15) is 5.11 Å². The molecule has 0 aliphatic carbocycles. The largest absolute Gasteiger partial charge is 0.507 e. The number of hydrogen-bond acceptors (Lipinski definition) is 2. The number of piperidine rings is 1. The van der Waals surface area contributed by atoms with E-state index in [4.69, 9.17) is 0 Å². The van der Waals surface area contributed by atoms with E-state index in [2.05, 4.69) is 48.1 Å². The molecule has 0 aromatic heterocycles. The van der Waals surface area contributed by atoms with Crippen LogP contribution in [-0.4, -0.2) is 18.2 Å². The number of nitrogens with one attached hydrogen (secondary N) is 1. The number of rotatable bonds is 2. The van der Waals surface area contributed by atoms with Crippen LogP contribution in [0.3, 0.4) is 0 Å². The van der Waals surface area contributed by atoms with E-state index in [0.29, 0.717) is 17.6 Å². The lowest BCUT2D eigenvalue weighted by molar-refractivity contribution is 0.417. The number of phenols is 1. The molecule has 1 aromatic rings. The van der Waals surface area contributed by atoms with Gasteiger partial charge in [0.2, 0.25) is 0 Å². The summed E-state index contributed by atoms with van der Waals surface area (Å²) in [5, 5.41) is 14.0. The predicted octanol–water partition coefficient (Wildman–Crippen LogP) is 4.05. The first kappa shape index (κ1) is 13.9. The fourth-order valence-electron chi connectivity index (χ4n) is 2.83. The normalized spacial score (nSPS) is 17.4. The molecule has 0 spiro atoms. The Balaban J connectivity index is 2.49. The second-order valence-corrected chi connectivity index (χ2v) is 6.37. The molecule has 0 bridgehead atoms. The van der Waals surface area contributed by atoms with Crippen molar-refractivity contribution in [2.45, 2.75) is 45.4 Å². The van der Waals surface area contributed by atoms with Crippen molar-refractivity contribution in [3.8, 4) is 5.75 Å². The zero-order chi connectivity index (χ0) is 13.3. The number of halogens is 1. The van der Waals surface area contributed by atoms with Crippen molar-refractivity contribution >= 4 is 15.9 Å². The van der Waals surface area contributed by atoms with Gasteiger partial charge in [-0.05, 0) is 61.9 Å². The summed E-state index contributed by atoms with van der Waals surface area (Å²) in [4.78, 5) is 0. The minimum absolute atomic E-state index is 0.349. The number of benzene rings is 1. The molecule has 0 unspecified atom stereocenters. The molecule has 0 radical (unpaired) electrons. The van der Waals surface area contributed by atoms with E-state index < -0.39 is 0 Å². The van der Waals surface area contributed by atoms with Crippen LogP contribution in [0, 0.1) is 6.92 Å². The first-order valence-electron chi connectivity index (χ1n) is 6.75. The van der Waals surface area contributed by atoms with E-state index in [1.807, 2.05) is 0 Å². The quantitative estimate of drug-likeness (QED) is 0.863. The van der Waals surface area contributed by atoms with E-state index in [0.717, 1.165) is 41.5 Å². The fraction of sp³-hybridized carbons (Fsp3) is 0.600. The van der Waals surface area contributed by atoms with Gasteiger partial charge in [0.05, 0.1) is 0 Å². The highest BCUT2D eigenvalue weighted by Crippen LogP contribution is 2.42. The molecule has 18 heavy (non-hydrogen) atoms. The molecule has 2 N–H and O–H groups in total. The van der Waals surface area contributed by atoms with Crippen molar-refractivity contribution in [3.05, 3.63) is 27.2 Å². The Morgan fingerprint density at radius 1 is 1.33 bits per heavy atom. The minimum atomic E-state index is 0.349. The summed E-state index contributed by atoms with van der Waals surface area (Å²) in [5.41, 5.74) is 3.42. The monoisotopic (exact) mass is 311 g/mol. The van der Waals surface area contributed by atoms with Crippen LogP contribution in [0.4, 0.5) is 0 Å². The third-order valence-electron chi connectivity index (χ3n) is 3.94. The van der Waals surface area contributed by atoms with Gasteiger partial charge >= 0.3 is 0 Å². The Morgan fingerprint density at radius 3 is 2.50 bits per heavy atom.